The van der Waals surface area contributed by atoms with Gasteiger partial charge in [-0.15, -0.1) is 0 Å². The molecule has 7 rings (SSSR count). The Morgan fingerprint density at radius 3 is 2.58 bits per heavy atom. The molecule has 0 aliphatic carbocycles. The number of aromatic nitrogens is 3. The van der Waals surface area contributed by atoms with Crippen LogP contribution in [0.25, 0.3) is 32.9 Å². The smallest absolute Gasteiger partial charge is 0.318 e. The lowest BCUT2D eigenvalue weighted by atomic mass is 9.95. The maximum atomic E-state index is 16.4. The third kappa shape index (κ3) is 5.37. The van der Waals surface area contributed by atoms with Crippen LogP contribution in [0.3, 0.4) is 0 Å². The number of nitrogens with zero attached hydrogens (tertiary/aromatic N) is 6. The molecule has 2 atom stereocenters. The van der Waals surface area contributed by atoms with Gasteiger partial charge in [0.05, 0.1) is 25.7 Å². The van der Waals surface area contributed by atoms with E-state index in [1.165, 1.54) is 13.2 Å². The van der Waals surface area contributed by atoms with E-state index >= 15 is 4.39 Å². The van der Waals surface area contributed by atoms with E-state index in [0.717, 1.165) is 38.0 Å². The summed E-state index contributed by atoms with van der Waals surface area (Å²) in [6, 6.07) is 9.53. The van der Waals surface area contributed by atoms with Crippen molar-refractivity contribution in [1.82, 2.24) is 24.8 Å². The van der Waals surface area contributed by atoms with E-state index in [0.29, 0.717) is 72.4 Å². The van der Waals surface area contributed by atoms with Crippen LogP contribution >= 0.6 is 0 Å². The second-order valence-corrected chi connectivity index (χ2v) is 11.8. The Kier molecular flexibility index (Phi) is 8.05. The Morgan fingerprint density at radius 1 is 1.07 bits per heavy atom. The lowest BCUT2D eigenvalue weighted by Gasteiger charge is -2.35. The van der Waals surface area contributed by atoms with E-state index in [4.69, 9.17) is 9.47 Å². The maximum Gasteiger partial charge on any atom is 0.318 e. The van der Waals surface area contributed by atoms with Gasteiger partial charge in [-0.3, -0.25) is 14.7 Å². The number of amides is 1. The summed E-state index contributed by atoms with van der Waals surface area (Å²) < 4.78 is 42.2. The molecule has 234 valence electrons. The zero-order valence-electron chi connectivity index (χ0n) is 25.5. The molecule has 0 saturated carbocycles. The molecule has 11 heteroatoms. The van der Waals surface area contributed by atoms with Crippen LogP contribution in [0.4, 0.5) is 14.6 Å². The van der Waals surface area contributed by atoms with E-state index in [-0.39, 0.29) is 28.9 Å². The number of rotatable bonds is 7. The monoisotopic (exact) mass is 614 g/mol. The molecule has 9 nitrogen and oxygen atoms in total. The van der Waals surface area contributed by atoms with Gasteiger partial charge in [0.2, 0.25) is 5.91 Å². The Labute approximate surface area is 260 Å². The fraction of sp³-hybridized carbons (Fsp3) is 0.412. The number of methoxy groups -OCH3 is 1. The van der Waals surface area contributed by atoms with E-state index < -0.39 is 5.82 Å². The first-order valence-electron chi connectivity index (χ1n) is 15.6. The normalized spacial score (nSPS) is 20.5. The number of carbonyl (C=O) groups is 1. The average molecular weight is 615 g/mol. The fourth-order valence-electron chi connectivity index (χ4n) is 7.04. The highest BCUT2D eigenvalue weighted by molar-refractivity contribution is 6.01. The molecule has 3 saturated heterocycles. The van der Waals surface area contributed by atoms with Crippen molar-refractivity contribution in [3.05, 3.63) is 65.9 Å². The summed E-state index contributed by atoms with van der Waals surface area (Å²) in [5, 5.41) is 1.89. The van der Waals surface area contributed by atoms with Crippen molar-refractivity contribution in [3.8, 4) is 17.3 Å². The predicted octanol–water partition coefficient (Wildman–Crippen LogP) is 4.76. The van der Waals surface area contributed by atoms with Gasteiger partial charge in [-0.25, -0.2) is 8.78 Å². The Balaban J connectivity index is 1.13. The highest BCUT2D eigenvalue weighted by Crippen LogP contribution is 2.37. The summed E-state index contributed by atoms with van der Waals surface area (Å²) in [4.78, 5) is 32.8. The first-order valence-corrected chi connectivity index (χ1v) is 15.6. The molecule has 2 bridgehead atoms. The van der Waals surface area contributed by atoms with Gasteiger partial charge in [0, 0.05) is 62.6 Å². The zero-order valence-corrected chi connectivity index (χ0v) is 25.5. The molecule has 1 amide bonds. The molecule has 45 heavy (non-hydrogen) atoms. The number of aryl methyl sites for hydroxylation is 1. The van der Waals surface area contributed by atoms with Crippen molar-refractivity contribution in [1.29, 1.82) is 0 Å². The number of carbonyl (C=O) groups excluding carboxylic acids is 1. The van der Waals surface area contributed by atoms with Crippen molar-refractivity contribution in [2.75, 3.05) is 57.9 Å². The SMILES string of the molecule is CCc1c(F)ccc2cccc(-c3ncc4c(N5CCN(C(=O)/C=C/CN6[C@@H]7CC[C@H]6COC7)CC5)nc(OC)nc4c3F)c12. The highest BCUT2D eigenvalue weighted by Gasteiger charge is 2.36. The topological polar surface area (TPSA) is 83.9 Å². The summed E-state index contributed by atoms with van der Waals surface area (Å²) >= 11 is 0. The van der Waals surface area contributed by atoms with Crippen LogP contribution in [0.15, 0.2) is 48.7 Å². The van der Waals surface area contributed by atoms with Crippen LogP contribution in [-0.4, -0.2) is 95.8 Å². The third-order valence-corrected chi connectivity index (χ3v) is 9.39. The molecule has 0 unspecified atom stereocenters. The van der Waals surface area contributed by atoms with Gasteiger partial charge in [-0.05, 0) is 41.7 Å². The highest BCUT2D eigenvalue weighted by atomic mass is 19.1. The first-order chi connectivity index (χ1) is 22.0. The fourth-order valence-corrected chi connectivity index (χ4v) is 7.04. The van der Waals surface area contributed by atoms with Crippen molar-refractivity contribution in [2.24, 2.45) is 0 Å². The summed E-state index contributed by atoms with van der Waals surface area (Å²) in [5.74, 6) is -0.475. The number of piperazine rings is 1. The van der Waals surface area contributed by atoms with Gasteiger partial charge >= 0.3 is 6.01 Å². The molecule has 3 fully saturated rings. The van der Waals surface area contributed by atoms with Crippen LogP contribution < -0.4 is 9.64 Å². The Hall–Kier alpha value is -4.22. The lowest BCUT2D eigenvalue weighted by molar-refractivity contribution is -0.126. The molecule has 2 aromatic heterocycles. The van der Waals surface area contributed by atoms with Gasteiger partial charge in [-0.2, -0.15) is 9.97 Å². The van der Waals surface area contributed by atoms with Gasteiger partial charge < -0.3 is 19.3 Å². The van der Waals surface area contributed by atoms with Gasteiger partial charge in [0.15, 0.2) is 5.82 Å². The van der Waals surface area contributed by atoms with Crippen LogP contribution in [-0.2, 0) is 16.0 Å². The largest absolute Gasteiger partial charge is 0.467 e. The number of halogens is 2. The van der Waals surface area contributed by atoms with Crippen LogP contribution in [0.2, 0.25) is 0 Å². The molecule has 3 aliphatic heterocycles. The molecular weight excluding hydrogens is 578 g/mol. The van der Waals surface area contributed by atoms with Gasteiger partial charge in [-0.1, -0.05) is 37.3 Å². The zero-order chi connectivity index (χ0) is 31.1. The molecule has 0 spiro atoms. The number of anilines is 1. The number of hydrogen-bond donors (Lipinski definition) is 0. The molecule has 5 heterocycles. The summed E-state index contributed by atoms with van der Waals surface area (Å²) in [6.45, 7) is 6.18. The lowest BCUT2D eigenvalue weighted by Crippen LogP contribution is -2.49. The second-order valence-electron chi connectivity index (χ2n) is 11.8. The van der Waals surface area contributed by atoms with Crippen LogP contribution in [0.5, 0.6) is 6.01 Å². The molecular formula is C34H36F2N6O3. The number of fused-ring (bicyclic) bond motifs is 4. The number of benzene rings is 2. The van der Waals surface area contributed by atoms with Crippen molar-refractivity contribution < 1.29 is 23.0 Å². The molecule has 0 N–H and O–H groups in total. The quantitative estimate of drug-likeness (QED) is 0.276. The summed E-state index contributed by atoms with van der Waals surface area (Å²) in [6.07, 6.45) is 7.98. The van der Waals surface area contributed by atoms with E-state index in [1.54, 1.807) is 24.4 Å². The minimum Gasteiger partial charge on any atom is -0.467 e. The first kappa shape index (κ1) is 29.5. The molecule has 0 radical (unpaired) electrons. The maximum absolute atomic E-state index is 16.4. The van der Waals surface area contributed by atoms with Crippen molar-refractivity contribution in [2.45, 2.75) is 38.3 Å². The standard InChI is InChI=1S/C34H36F2N6O3/c1-3-24-27(35)12-9-21-6-4-7-25(29(21)24)31-30(36)32-26(18-37-31)33(39-34(38-32)44-2)41-16-14-40(15-17-41)28(43)8-5-13-42-22-10-11-23(42)20-45-19-22/h4-9,12,18,22-23H,3,10-11,13-17,19-20H2,1-2H3/b8-5+/t22-,23+. The van der Waals surface area contributed by atoms with Crippen LogP contribution in [0, 0.1) is 11.6 Å². The number of hydrogen-bond acceptors (Lipinski definition) is 8. The number of morpholine rings is 1. The van der Waals surface area contributed by atoms with Gasteiger partial charge in [0.25, 0.3) is 0 Å². The second kappa shape index (κ2) is 12.3. The van der Waals surface area contributed by atoms with Gasteiger partial charge in [0.1, 0.15) is 22.8 Å². The minimum atomic E-state index is -0.624. The number of pyridine rings is 1. The average Bonchev–Trinajstić information content (AvgIpc) is 3.28. The number of ether oxygens (including phenoxy) is 2. The molecule has 4 aromatic rings. The van der Waals surface area contributed by atoms with Crippen molar-refractivity contribution in [3.63, 3.8) is 0 Å². The summed E-state index contributed by atoms with van der Waals surface area (Å²) in [5.41, 5.74) is 1.18. The molecule has 2 aromatic carbocycles. The van der Waals surface area contributed by atoms with Crippen LogP contribution in [0.1, 0.15) is 25.3 Å². The molecule has 3 aliphatic rings. The predicted molar refractivity (Wildman–Crippen MR) is 168 cm³/mol. The van der Waals surface area contributed by atoms with E-state index in [2.05, 4.69) is 19.9 Å². The van der Waals surface area contributed by atoms with E-state index in [1.807, 2.05) is 34.9 Å². The Bertz CT molecular complexity index is 1780. The minimum absolute atomic E-state index is 0.0179. The van der Waals surface area contributed by atoms with Crippen molar-refractivity contribution >= 4 is 33.4 Å². The summed E-state index contributed by atoms with van der Waals surface area (Å²) in [7, 11) is 1.44. The van der Waals surface area contributed by atoms with E-state index in [9.17, 15) is 9.18 Å². The third-order valence-electron chi connectivity index (χ3n) is 9.39. The Morgan fingerprint density at radius 2 is 1.84 bits per heavy atom.